The minimum Gasteiger partial charge on any atom is -0.350 e. The number of hydrogen-bond donors (Lipinski definition) is 1. The summed E-state index contributed by atoms with van der Waals surface area (Å²) < 4.78 is 0. The number of likely N-dealkylation sites (N-methyl/N-ethyl adjacent to an activating group) is 1. The summed E-state index contributed by atoms with van der Waals surface area (Å²) in [5.41, 5.74) is 3.32. The minimum atomic E-state index is -0.137. The number of amides is 2. The number of anilines is 1. The zero-order valence-electron chi connectivity index (χ0n) is 18.5. The van der Waals surface area contributed by atoms with Crippen LogP contribution in [-0.4, -0.2) is 24.9 Å². The second kappa shape index (κ2) is 10.3. The first-order valence-corrected chi connectivity index (χ1v) is 12.0. The number of carbonyl (C=O) groups excluding carboxylic acids is 2. The van der Waals surface area contributed by atoms with Crippen LogP contribution in [0, 0.1) is 0 Å². The maximum Gasteiger partial charge on any atom is 0.264 e. The normalized spacial score (nSPS) is 15.3. The Balaban J connectivity index is 1.46. The first-order chi connectivity index (χ1) is 15.9. The van der Waals surface area contributed by atoms with Crippen molar-refractivity contribution in [3.8, 4) is 0 Å². The van der Waals surface area contributed by atoms with Gasteiger partial charge in [0.15, 0.2) is 0 Å². The Hall–Kier alpha value is -3.02. The molecule has 0 radical (unpaired) electrons. The number of thioether (sulfide) groups is 1. The molecule has 0 saturated heterocycles. The number of nitrogens with zero attached hydrogens (tertiary/aromatic N) is 1. The van der Waals surface area contributed by atoms with Crippen molar-refractivity contribution < 1.29 is 9.59 Å². The summed E-state index contributed by atoms with van der Waals surface area (Å²) in [6.45, 7) is 2.01. The lowest BCUT2D eigenvalue weighted by molar-refractivity contribution is -0.114. The van der Waals surface area contributed by atoms with E-state index >= 15 is 0 Å². The smallest absolute Gasteiger partial charge is 0.264 e. The molecular weight excluding hydrogens is 452 g/mol. The Morgan fingerprint density at radius 1 is 1.09 bits per heavy atom. The summed E-state index contributed by atoms with van der Waals surface area (Å²) in [5.74, 6) is -0.261. The fraction of sp³-hybridized carbons (Fsp3) is 0.185. The molecule has 0 aromatic heterocycles. The first-order valence-electron chi connectivity index (χ1n) is 10.8. The summed E-state index contributed by atoms with van der Waals surface area (Å²) in [5, 5.41) is 3.67. The van der Waals surface area contributed by atoms with Gasteiger partial charge in [-0.25, -0.2) is 0 Å². The van der Waals surface area contributed by atoms with E-state index < -0.39 is 0 Å². The van der Waals surface area contributed by atoms with E-state index in [2.05, 4.69) is 17.4 Å². The molecule has 6 heteroatoms. The number of carbonyl (C=O) groups is 2. The average Bonchev–Trinajstić information content (AvgIpc) is 2.83. The molecule has 1 aliphatic rings. The lowest BCUT2D eigenvalue weighted by atomic mass is 10.1. The summed E-state index contributed by atoms with van der Waals surface area (Å²) in [7, 11) is 1.73. The topological polar surface area (TPSA) is 49.4 Å². The number of halogens is 1. The highest BCUT2D eigenvalue weighted by atomic mass is 35.5. The second-order valence-corrected chi connectivity index (χ2v) is 9.57. The zero-order valence-corrected chi connectivity index (χ0v) is 20.1. The molecule has 0 fully saturated rings. The van der Waals surface area contributed by atoms with Crippen LogP contribution in [0.5, 0.6) is 0 Å². The molecule has 3 aromatic rings. The van der Waals surface area contributed by atoms with Gasteiger partial charge in [-0.2, -0.15) is 0 Å². The molecular formula is C27H25ClN2O2S. The molecule has 0 aliphatic carbocycles. The third-order valence-corrected chi connectivity index (χ3v) is 7.02. The Morgan fingerprint density at radius 3 is 2.58 bits per heavy atom. The van der Waals surface area contributed by atoms with Gasteiger partial charge in [0.2, 0.25) is 0 Å². The molecule has 4 nitrogen and oxygen atoms in total. The Kier molecular flexibility index (Phi) is 7.21. The van der Waals surface area contributed by atoms with Crippen molar-refractivity contribution in [1.29, 1.82) is 0 Å². The van der Waals surface area contributed by atoms with E-state index in [0.29, 0.717) is 15.5 Å². The van der Waals surface area contributed by atoms with Gasteiger partial charge in [0.05, 0.1) is 10.6 Å². The van der Waals surface area contributed by atoms with Gasteiger partial charge in [0, 0.05) is 28.6 Å². The van der Waals surface area contributed by atoms with Crippen LogP contribution in [0.4, 0.5) is 5.69 Å². The van der Waals surface area contributed by atoms with Gasteiger partial charge < -0.3 is 10.2 Å². The van der Waals surface area contributed by atoms with Gasteiger partial charge in [0.1, 0.15) is 0 Å². The molecule has 33 heavy (non-hydrogen) atoms. The van der Waals surface area contributed by atoms with E-state index in [9.17, 15) is 9.59 Å². The predicted molar refractivity (Wildman–Crippen MR) is 137 cm³/mol. The van der Waals surface area contributed by atoms with Gasteiger partial charge in [-0.1, -0.05) is 71.9 Å². The zero-order chi connectivity index (χ0) is 23.4. The summed E-state index contributed by atoms with van der Waals surface area (Å²) in [6.07, 6.45) is 3.57. The van der Waals surface area contributed by atoms with Crippen molar-refractivity contribution in [2.75, 3.05) is 11.9 Å². The number of benzene rings is 3. The standard InChI is InChI=1S/C27H25ClN2O2S/c1-18(12-13-19-8-4-3-5-9-19)29-26(31)21-14-15-24-23(16-21)30(2)27(32)25(33-24)17-20-10-6-7-11-22(20)28/h3-11,14-18H,12-13H2,1-2H3,(H,29,31)/b25-17-/t18-/m1/s1. The summed E-state index contributed by atoms with van der Waals surface area (Å²) >= 11 is 7.65. The van der Waals surface area contributed by atoms with Crippen LogP contribution in [0.3, 0.4) is 0 Å². The van der Waals surface area contributed by atoms with Crippen molar-refractivity contribution >= 4 is 46.9 Å². The van der Waals surface area contributed by atoms with Crippen LogP contribution in [0.2, 0.25) is 5.02 Å². The third kappa shape index (κ3) is 5.49. The van der Waals surface area contributed by atoms with E-state index in [1.807, 2.05) is 61.5 Å². The van der Waals surface area contributed by atoms with E-state index in [4.69, 9.17) is 11.6 Å². The fourth-order valence-electron chi connectivity index (χ4n) is 3.68. The lowest BCUT2D eigenvalue weighted by Crippen LogP contribution is -2.34. The molecule has 1 N–H and O–H groups in total. The molecule has 4 rings (SSSR count). The number of hydrogen-bond acceptors (Lipinski definition) is 3. The van der Waals surface area contributed by atoms with Crippen molar-refractivity contribution in [1.82, 2.24) is 5.32 Å². The number of rotatable bonds is 6. The van der Waals surface area contributed by atoms with E-state index in [0.717, 1.165) is 29.0 Å². The maximum atomic E-state index is 13.0. The largest absolute Gasteiger partial charge is 0.350 e. The van der Waals surface area contributed by atoms with Crippen LogP contribution in [0.15, 0.2) is 82.6 Å². The minimum absolute atomic E-state index is 0.0348. The Morgan fingerprint density at radius 2 is 1.82 bits per heavy atom. The predicted octanol–water partition coefficient (Wildman–Crippen LogP) is 6.20. The highest BCUT2D eigenvalue weighted by Crippen LogP contribution is 2.42. The fourth-order valence-corrected chi connectivity index (χ4v) is 4.95. The molecule has 0 spiro atoms. The van der Waals surface area contributed by atoms with Crippen LogP contribution >= 0.6 is 23.4 Å². The summed E-state index contributed by atoms with van der Waals surface area (Å²) in [6, 6.07) is 23.2. The van der Waals surface area contributed by atoms with Gasteiger partial charge >= 0.3 is 0 Å². The van der Waals surface area contributed by atoms with E-state index in [1.165, 1.54) is 17.3 Å². The number of fused-ring (bicyclic) bond motifs is 1. The van der Waals surface area contributed by atoms with E-state index in [1.54, 1.807) is 24.1 Å². The first kappa shape index (κ1) is 23.1. The molecule has 0 bridgehead atoms. The van der Waals surface area contributed by atoms with Crippen molar-refractivity contribution in [3.63, 3.8) is 0 Å². The van der Waals surface area contributed by atoms with Crippen LogP contribution in [0.25, 0.3) is 6.08 Å². The molecule has 0 saturated carbocycles. The van der Waals surface area contributed by atoms with Crippen LogP contribution in [0.1, 0.15) is 34.8 Å². The Labute approximate surface area is 203 Å². The SMILES string of the molecule is C[C@H](CCc1ccccc1)NC(=O)c1ccc2c(c1)N(C)C(=O)/C(=C/c1ccccc1Cl)S2. The van der Waals surface area contributed by atoms with Gasteiger partial charge in [-0.3, -0.25) is 9.59 Å². The van der Waals surface area contributed by atoms with Crippen LogP contribution in [-0.2, 0) is 11.2 Å². The second-order valence-electron chi connectivity index (χ2n) is 8.08. The van der Waals surface area contributed by atoms with Crippen molar-refractivity contribution in [3.05, 3.63) is 99.4 Å². The quantitative estimate of drug-likeness (QED) is 0.431. The number of aryl methyl sites for hydroxylation is 1. The molecule has 0 unspecified atom stereocenters. The monoisotopic (exact) mass is 476 g/mol. The molecule has 2 amide bonds. The number of nitrogens with one attached hydrogen (secondary N) is 1. The molecule has 1 atom stereocenters. The highest BCUT2D eigenvalue weighted by Gasteiger charge is 2.27. The lowest BCUT2D eigenvalue weighted by Gasteiger charge is -2.27. The van der Waals surface area contributed by atoms with Gasteiger partial charge in [0.25, 0.3) is 11.8 Å². The Bertz CT molecular complexity index is 1210. The molecule has 1 aliphatic heterocycles. The van der Waals surface area contributed by atoms with Crippen molar-refractivity contribution in [2.45, 2.75) is 30.7 Å². The van der Waals surface area contributed by atoms with Crippen molar-refractivity contribution in [2.24, 2.45) is 0 Å². The van der Waals surface area contributed by atoms with Crippen LogP contribution < -0.4 is 10.2 Å². The summed E-state index contributed by atoms with van der Waals surface area (Å²) in [4.78, 5) is 28.9. The van der Waals surface area contributed by atoms with Gasteiger partial charge in [-0.05, 0) is 61.2 Å². The molecule has 1 heterocycles. The third-order valence-electron chi connectivity index (χ3n) is 5.60. The van der Waals surface area contributed by atoms with E-state index in [-0.39, 0.29) is 17.9 Å². The molecule has 3 aromatic carbocycles. The highest BCUT2D eigenvalue weighted by molar-refractivity contribution is 8.04. The van der Waals surface area contributed by atoms with Gasteiger partial charge in [-0.15, -0.1) is 0 Å². The average molecular weight is 477 g/mol. The maximum absolute atomic E-state index is 13.0. The molecule has 168 valence electrons.